The number of rotatable bonds is 5. The lowest BCUT2D eigenvalue weighted by Gasteiger charge is -2.28. The average Bonchev–Trinajstić information content (AvgIpc) is 2.61. The molecule has 0 heterocycles. The third-order valence-electron chi connectivity index (χ3n) is 3.88. The fourth-order valence-electron chi connectivity index (χ4n) is 2.56. The second-order valence-corrected chi connectivity index (χ2v) is 5.61. The number of nitrogens with one attached hydrogen (secondary N) is 1. The van der Waals surface area contributed by atoms with Crippen LogP contribution in [0.3, 0.4) is 0 Å². The van der Waals surface area contributed by atoms with Gasteiger partial charge in [-0.1, -0.05) is 37.5 Å². The van der Waals surface area contributed by atoms with Gasteiger partial charge in [0.15, 0.2) is 6.19 Å². The number of hydrogen-bond acceptors (Lipinski definition) is 4. The highest BCUT2D eigenvalue weighted by Crippen LogP contribution is 2.21. The first kappa shape index (κ1) is 17.0. The number of nitrogens with zero attached hydrogens (tertiary/aromatic N) is 2. The van der Waals surface area contributed by atoms with Crippen molar-refractivity contribution in [3.05, 3.63) is 35.9 Å². The van der Waals surface area contributed by atoms with Gasteiger partial charge in [-0.05, 0) is 25.0 Å². The highest BCUT2D eigenvalue weighted by Gasteiger charge is 2.29. The molecule has 1 saturated carbocycles. The van der Waals surface area contributed by atoms with Crippen molar-refractivity contribution in [3.63, 3.8) is 0 Å². The number of amides is 2. The van der Waals surface area contributed by atoms with Gasteiger partial charge in [-0.2, -0.15) is 5.26 Å². The lowest BCUT2D eigenvalue weighted by molar-refractivity contribution is -0.146. The summed E-state index contributed by atoms with van der Waals surface area (Å²) in [7, 11) is 1.36. The summed E-state index contributed by atoms with van der Waals surface area (Å²) in [5.41, 5.74) is 0.442. The van der Waals surface area contributed by atoms with E-state index in [-0.39, 0.29) is 6.10 Å². The molecule has 0 spiro atoms. The Balaban J connectivity index is 2.07. The van der Waals surface area contributed by atoms with Crippen molar-refractivity contribution in [2.75, 3.05) is 7.05 Å². The summed E-state index contributed by atoms with van der Waals surface area (Å²) in [5.74, 6) is -0.964. The lowest BCUT2D eigenvalue weighted by Crippen LogP contribution is -2.49. The predicted molar refractivity (Wildman–Crippen MR) is 84.0 cm³/mol. The van der Waals surface area contributed by atoms with Gasteiger partial charge in [0.05, 0.1) is 6.10 Å². The molecule has 0 aromatic heterocycles. The van der Waals surface area contributed by atoms with Crippen LogP contribution in [-0.4, -0.2) is 36.1 Å². The number of ether oxygens (including phenoxy) is 1. The van der Waals surface area contributed by atoms with E-state index in [9.17, 15) is 9.59 Å². The van der Waals surface area contributed by atoms with Gasteiger partial charge in [-0.3, -0.25) is 9.59 Å². The summed E-state index contributed by atoms with van der Waals surface area (Å²) >= 11 is 0. The van der Waals surface area contributed by atoms with Crippen molar-refractivity contribution in [2.45, 2.75) is 44.4 Å². The molecule has 23 heavy (non-hydrogen) atoms. The summed E-state index contributed by atoms with van der Waals surface area (Å²) in [6, 6.07) is 8.61. The number of carbonyl (C=O) groups excluding carboxylic acids is 2. The largest absolute Gasteiger partial charge is 0.346 e. The van der Waals surface area contributed by atoms with Crippen LogP contribution in [0.5, 0.6) is 0 Å². The summed E-state index contributed by atoms with van der Waals surface area (Å²) in [6.07, 6.45) is 5.52. The number of likely N-dealkylation sites (N-methyl/N-ethyl adjacent to an activating group) is 1. The lowest BCUT2D eigenvalue weighted by atomic mass is 9.98. The molecule has 2 amide bonds. The molecule has 122 valence electrons. The van der Waals surface area contributed by atoms with Crippen LogP contribution in [0.25, 0.3) is 0 Å². The molecule has 1 aromatic carbocycles. The van der Waals surface area contributed by atoms with Crippen LogP contribution >= 0.6 is 0 Å². The van der Waals surface area contributed by atoms with Gasteiger partial charge in [0.1, 0.15) is 0 Å². The molecule has 1 fully saturated rings. The fourth-order valence-corrected chi connectivity index (χ4v) is 2.56. The molecule has 1 aromatic rings. The van der Waals surface area contributed by atoms with Gasteiger partial charge >= 0.3 is 0 Å². The minimum atomic E-state index is -1.14. The second kappa shape index (κ2) is 8.30. The van der Waals surface area contributed by atoms with Crippen LogP contribution in [0.4, 0.5) is 0 Å². The van der Waals surface area contributed by atoms with Gasteiger partial charge < -0.3 is 10.1 Å². The monoisotopic (exact) mass is 315 g/mol. The van der Waals surface area contributed by atoms with E-state index < -0.39 is 18.0 Å². The van der Waals surface area contributed by atoms with Gasteiger partial charge in [-0.25, -0.2) is 4.90 Å². The summed E-state index contributed by atoms with van der Waals surface area (Å²) < 4.78 is 5.79. The zero-order valence-electron chi connectivity index (χ0n) is 13.2. The van der Waals surface area contributed by atoms with Crippen molar-refractivity contribution in [2.24, 2.45) is 0 Å². The van der Waals surface area contributed by atoms with Crippen LogP contribution in [0.15, 0.2) is 30.3 Å². The Morgan fingerprint density at radius 2 is 1.91 bits per heavy atom. The zero-order valence-corrected chi connectivity index (χ0v) is 13.2. The number of hydrogen-bond donors (Lipinski definition) is 1. The molecule has 0 saturated heterocycles. The van der Waals surface area contributed by atoms with Crippen molar-refractivity contribution in [1.82, 2.24) is 10.2 Å². The minimum Gasteiger partial charge on any atom is -0.346 e. The Labute approximate surface area is 136 Å². The second-order valence-electron chi connectivity index (χ2n) is 5.61. The van der Waals surface area contributed by atoms with Crippen LogP contribution in [-0.2, 0) is 9.53 Å². The van der Waals surface area contributed by atoms with E-state index in [4.69, 9.17) is 10.00 Å². The van der Waals surface area contributed by atoms with Crippen LogP contribution in [0.1, 0.15) is 42.5 Å². The highest BCUT2D eigenvalue weighted by atomic mass is 16.5. The minimum absolute atomic E-state index is 0.0686. The molecule has 1 atom stereocenters. The highest BCUT2D eigenvalue weighted by molar-refractivity contribution is 5.97. The van der Waals surface area contributed by atoms with Gasteiger partial charge in [-0.15, -0.1) is 0 Å². The van der Waals surface area contributed by atoms with Gasteiger partial charge in [0, 0.05) is 12.6 Å². The molecule has 1 unspecified atom stereocenters. The van der Waals surface area contributed by atoms with E-state index in [0.717, 1.165) is 37.0 Å². The molecule has 1 aliphatic carbocycles. The summed E-state index contributed by atoms with van der Waals surface area (Å²) in [4.78, 5) is 25.4. The average molecular weight is 315 g/mol. The maximum atomic E-state index is 12.3. The molecule has 0 bridgehead atoms. The van der Waals surface area contributed by atoms with Crippen LogP contribution in [0.2, 0.25) is 0 Å². The molecule has 0 radical (unpaired) electrons. The number of benzene rings is 1. The fraction of sp³-hybridized carbons (Fsp3) is 0.471. The Bertz CT molecular complexity index is 576. The standard InChI is InChI=1S/C17H21N3O3/c1-20(12-18)17(22)16(23-14-10-6-3-7-11-14)19-15(21)13-8-4-2-5-9-13/h2,4-5,8-9,14,16H,3,6-7,10-11H2,1H3,(H,19,21). The molecule has 1 aliphatic rings. The third kappa shape index (κ3) is 4.80. The third-order valence-corrected chi connectivity index (χ3v) is 3.88. The van der Waals surface area contributed by atoms with E-state index in [0.29, 0.717) is 5.56 Å². The van der Waals surface area contributed by atoms with E-state index in [1.807, 2.05) is 0 Å². The van der Waals surface area contributed by atoms with E-state index in [1.165, 1.54) is 7.05 Å². The quantitative estimate of drug-likeness (QED) is 0.512. The van der Waals surface area contributed by atoms with Crippen molar-refractivity contribution >= 4 is 11.8 Å². The molecule has 0 aliphatic heterocycles. The van der Waals surface area contributed by atoms with Crippen LogP contribution < -0.4 is 5.32 Å². The Morgan fingerprint density at radius 3 is 2.52 bits per heavy atom. The first-order valence-corrected chi connectivity index (χ1v) is 7.80. The van der Waals surface area contributed by atoms with Crippen LogP contribution in [0, 0.1) is 11.5 Å². The molecule has 2 rings (SSSR count). The Morgan fingerprint density at radius 1 is 1.26 bits per heavy atom. The number of carbonyl (C=O) groups is 2. The first-order chi connectivity index (χ1) is 11.1. The zero-order chi connectivity index (χ0) is 16.7. The first-order valence-electron chi connectivity index (χ1n) is 7.80. The van der Waals surface area contributed by atoms with E-state index in [1.54, 1.807) is 36.5 Å². The van der Waals surface area contributed by atoms with Crippen molar-refractivity contribution in [1.29, 1.82) is 5.26 Å². The van der Waals surface area contributed by atoms with Gasteiger partial charge in [0.2, 0.25) is 6.23 Å². The topological polar surface area (TPSA) is 82.4 Å². The molecule has 6 heteroatoms. The normalized spacial score (nSPS) is 16.2. The molecule has 1 N–H and O–H groups in total. The SMILES string of the molecule is CN(C#N)C(=O)C(NC(=O)c1ccccc1)OC1CCCCC1. The van der Waals surface area contributed by atoms with Gasteiger partial charge in [0.25, 0.3) is 11.8 Å². The smallest absolute Gasteiger partial charge is 0.285 e. The summed E-state index contributed by atoms with van der Waals surface area (Å²) in [5, 5.41) is 11.5. The Hall–Kier alpha value is -2.39. The Kier molecular flexibility index (Phi) is 6.12. The van der Waals surface area contributed by atoms with Crippen molar-refractivity contribution in [3.8, 4) is 6.19 Å². The van der Waals surface area contributed by atoms with Crippen molar-refractivity contribution < 1.29 is 14.3 Å². The van der Waals surface area contributed by atoms with E-state index >= 15 is 0 Å². The molecular weight excluding hydrogens is 294 g/mol. The maximum absolute atomic E-state index is 12.3. The maximum Gasteiger partial charge on any atom is 0.285 e. The predicted octanol–water partition coefficient (Wildman–Crippen LogP) is 2.03. The molecule has 6 nitrogen and oxygen atoms in total. The molecular formula is C17H21N3O3. The number of nitriles is 1. The van der Waals surface area contributed by atoms with E-state index in [2.05, 4.69) is 5.32 Å². The summed E-state index contributed by atoms with van der Waals surface area (Å²) in [6.45, 7) is 0.